The summed E-state index contributed by atoms with van der Waals surface area (Å²) in [6.07, 6.45) is 0. The quantitative estimate of drug-likeness (QED) is 0.193. The van der Waals surface area contributed by atoms with Crippen LogP contribution in [0.3, 0.4) is 0 Å². The molecule has 9 aromatic rings. The van der Waals surface area contributed by atoms with Crippen LogP contribution < -0.4 is 0 Å². The van der Waals surface area contributed by atoms with E-state index < -0.39 is 0 Å². The Kier molecular flexibility index (Phi) is 6.56. The number of aromatic nitrogens is 2. The van der Waals surface area contributed by atoms with Gasteiger partial charge in [0.2, 0.25) is 0 Å². The maximum Gasteiger partial charge on any atom is 0.101 e. The Morgan fingerprint density at radius 3 is 1.74 bits per heavy atom. The number of para-hydroxylation sites is 3. The summed E-state index contributed by atoms with van der Waals surface area (Å²) in [4.78, 5) is 0. The summed E-state index contributed by atoms with van der Waals surface area (Å²) in [5.74, 6) is 0. The van der Waals surface area contributed by atoms with E-state index >= 15 is 0 Å². The molecule has 5 nitrogen and oxygen atoms in total. The van der Waals surface area contributed by atoms with Gasteiger partial charge in [0.05, 0.1) is 56.6 Å². The van der Waals surface area contributed by atoms with Crippen LogP contribution in [-0.4, -0.2) is 9.13 Å². The summed E-state index contributed by atoms with van der Waals surface area (Å²) in [5, 5.41) is 34.0. The van der Waals surface area contributed by atoms with Gasteiger partial charge >= 0.3 is 0 Å². The summed E-state index contributed by atoms with van der Waals surface area (Å²) >= 11 is 0. The highest BCUT2D eigenvalue weighted by atomic mass is 15.0. The van der Waals surface area contributed by atoms with Gasteiger partial charge in [0.25, 0.3) is 0 Å². The van der Waals surface area contributed by atoms with E-state index in [0.717, 1.165) is 77.2 Å². The molecule has 0 N–H and O–H groups in total. The Labute approximate surface area is 287 Å². The number of hydrogen-bond donors (Lipinski definition) is 0. The van der Waals surface area contributed by atoms with E-state index in [2.05, 4.69) is 112 Å². The maximum atomic E-state index is 10.4. The molecule has 0 bridgehead atoms. The molecule has 7 aromatic carbocycles. The van der Waals surface area contributed by atoms with E-state index in [1.807, 2.05) is 66.7 Å². The molecular formula is C45H25N5. The van der Waals surface area contributed by atoms with Gasteiger partial charge in [0.15, 0.2) is 0 Å². The van der Waals surface area contributed by atoms with E-state index in [1.54, 1.807) is 0 Å². The Morgan fingerprint density at radius 1 is 0.400 bits per heavy atom. The highest BCUT2D eigenvalue weighted by Crippen LogP contribution is 2.40. The average Bonchev–Trinajstić information content (AvgIpc) is 3.70. The normalized spacial score (nSPS) is 11.1. The first-order valence-corrected chi connectivity index (χ1v) is 16.3. The third-order valence-corrected chi connectivity index (χ3v) is 9.61. The van der Waals surface area contributed by atoms with Crippen molar-refractivity contribution < 1.29 is 0 Å². The SMILES string of the molecule is N#Cc1ccc2c(c1)c1c(C#N)cccc1n2-c1cccc(-c2cccc(-c3cccc(C#N)c3-n3c4ccccc4c4ccccc43)c2)c1. The molecule has 9 rings (SSSR count). The zero-order valence-corrected chi connectivity index (χ0v) is 26.7. The summed E-state index contributed by atoms with van der Waals surface area (Å²) in [6, 6.07) is 57.9. The Morgan fingerprint density at radius 2 is 1.00 bits per heavy atom. The van der Waals surface area contributed by atoms with Crippen molar-refractivity contribution in [3.63, 3.8) is 0 Å². The molecule has 0 aliphatic heterocycles. The van der Waals surface area contributed by atoms with Crippen molar-refractivity contribution in [2.45, 2.75) is 0 Å². The van der Waals surface area contributed by atoms with Crippen molar-refractivity contribution in [3.8, 4) is 51.8 Å². The monoisotopic (exact) mass is 635 g/mol. The number of benzene rings is 7. The second kappa shape index (κ2) is 11.4. The van der Waals surface area contributed by atoms with E-state index in [0.29, 0.717) is 16.7 Å². The molecule has 0 aliphatic rings. The van der Waals surface area contributed by atoms with Crippen LogP contribution in [0.25, 0.3) is 77.2 Å². The number of hydrogen-bond acceptors (Lipinski definition) is 3. The highest BCUT2D eigenvalue weighted by molar-refractivity contribution is 6.12. The zero-order chi connectivity index (χ0) is 33.8. The van der Waals surface area contributed by atoms with Crippen LogP contribution in [0.2, 0.25) is 0 Å². The third kappa shape index (κ3) is 4.31. The van der Waals surface area contributed by atoms with Gasteiger partial charge in [0.1, 0.15) is 6.07 Å². The van der Waals surface area contributed by atoms with Gasteiger partial charge in [-0.15, -0.1) is 0 Å². The lowest BCUT2D eigenvalue weighted by atomic mass is 9.96. The second-order valence-electron chi connectivity index (χ2n) is 12.3. The minimum atomic E-state index is 0.551. The first-order valence-electron chi connectivity index (χ1n) is 16.3. The standard InChI is InChI=1S/C45H25N5/c46-26-29-21-22-42-39(23-29)44-33(27-47)12-8-20-43(44)49(42)35-14-6-10-31(25-35)30-9-5-11-32(24-30)36-17-7-13-34(28-48)45(36)50-40-18-3-1-15-37(40)38-16-2-4-19-41(38)50/h1-25H. The van der Waals surface area contributed by atoms with E-state index in [-0.39, 0.29) is 0 Å². The van der Waals surface area contributed by atoms with Crippen LogP contribution in [0.4, 0.5) is 0 Å². The number of nitrogens with zero attached hydrogens (tertiary/aromatic N) is 5. The van der Waals surface area contributed by atoms with Crippen molar-refractivity contribution >= 4 is 43.6 Å². The van der Waals surface area contributed by atoms with Crippen LogP contribution in [0.15, 0.2) is 152 Å². The van der Waals surface area contributed by atoms with Gasteiger partial charge in [-0.25, -0.2) is 0 Å². The van der Waals surface area contributed by atoms with Gasteiger partial charge in [-0.2, -0.15) is 15.8 Å². The predicted molar refractivity (Wildman–Crippen MR) is 200 cm³/mol. The predicted octanol–water partition coefficient (Wildman–Crippen LogP) is 10.8. The fourth-order valence-corrected chi connectivity index (χ4v) is 7.47. The van der Waals surface area contributed by atoms with Gasteiger partial charge in [-0.05, 0) is 83.4 Å². The van der Waals surface area contributed by atoms with Crippen LogP contribution in [0.1, 0.15) is 16.7 Å². The van der Waals surface area contributed by atoms with Gasteiger partial charge in [-0.3, -0.25) is 0 Å². The molecule has 0 amide bonds. The van der Waals surface area contributed by atoms with Crippen molar-refractivity contribution in [2.24, 2.45) is 0 Å². The molecule has 0 fully saturated rings. The summed E-state index contributed by atoms with van der Waals surface area (Å²) in [5.41, 5.74) is 11.5. The Hall–Kier alpha value is -7.39. The molecule has 0 aliphatic carbocycles. The fourth-order valence-electron chi connectivity index (χ4n) is 7.47. The van der Waals surface area contributed by atoms with Crippen LogP contribution in [0, 0.1) is 34.0 Å². The molecule has 0 spiro atoms. The molecule has 2 aromatic heterocycles. The highest BCUT2D eigenvalue weighted by Gasteiger charge is 2.20. The van der Waals surface area contributed by atoms with E-state index in [4.69, 9.17) is 0 Å². The molecule has 0 saturated heterocycles. The lowest BCUT2D eigenvalue weighted by molar-refractivity contribution is 1.17. The molecule has 230 valence electrons. The first-order chi connectivity index (χ1) is 24.7. The molecule has 50 heavy (non-hydrogen) atoms. The smallest absolute Gasteiger partial charge is 0.101 e. The number of nitriles is 3. The minimum absolute atomic E-state index is 0.551. The lowest BCUT2D eigenvalue weighted by Gasteiger charge is -2.16. The van der Waals surface area contributed by atoms with Crippen molar-refractivity contribution in [1.29, 1.82) is 15.8 Å². The molecule has 5 heteroatoms. The number of fused-ring (bicyclic) bond motifs is 6. The van der Waals surface area contributed by atoms with Gasteiger partial charge in [-0.1, -0.05) is 84.9 Å². The fraction of sp³-hybridized carbons (Fsp3) is 0. The molecule has 0 radical (unpaired) electrons. The molecule has 2 heterocycles. The van der Waals surface area contributed by atoms with Crippen LogP contribution in [0.5, 0.6) is 0 Å². The van der Waals surface area contributed by atoms with E-state index in [1.165, 1.54) is 0 Å². The minimum Gasteiger partial charge on any atom is -0.309 e. The molecule has 0 unspecified atom stereocenters. The summed E-state index contributed by atoms with van der Waals surface area (Å²) in [6.45, 7) is 0. The van der Waals surface area contributed by atoms with Crippen molar-refractivity contribution in [1.82, 2.24) is 9.13 Å². The van der Waals surface area contributed by atoms with Crippen molar-refractivity contribution in [3.05, 3.63) is 168 Å². The molecular weight excluding hydrogens is 611 g/mol. The second-order valence-corrected chi connectivity index (χ2v) is 12.3. The largest absolute Gasteiger partial charge is 0.309 e. The van der Waals surface area contributed by atoms with Crippen molar-refractivity contribution in [2.75, 3.05) is 0 Å². The zero-order valence-electron chi connectivity index (χ0n) is 26.7. The number of rotatable bonds is 4. The third-order valence-electron chi connectivity index (χ3n) is 9.61. The van der Waals surface area contributed by atoms with Gasteiger partial charge < -0.3 is 9.13 Å². The Bertz CT molecular complexity index is 2920. The first kappa shape index (κ1) is 28.8. The van der Waals surface area contributed by atoms with Gasteiger partial charge in [0, 0.05) is 32.8 Å². The van der Waals surface area contributed by atoms with E-state index in [9.17, 15) is 15.8 Å². The molecule has 0 saturated carbocycles. The lowest BCUT2D eigenvalue weighted by Crippen LogP contribution is -2.01. The summed E-state index contributed by atoms with van der Waals surface area (Å²) in [7, 11) is 0. The molecule has 0 atom stereocenters. The Balaban J connectivity index is 1.23. The van der Waals surface area contributed by atoms with Crippen LogP contribution in [-0.2, 0) is 0 Å². The topological polar surface area (TPSA) is 81.2 Å². The average molecular weight is 636 g/mol. The van der Waals surface area contributed by atoms with Crippen LogP contribution >= 0.6 is 0 Å². The summed E-state index contributed by atoms with van der Waals surface area (Å²) < 4.78 is 4.39. The maximum absolute atomic E-state index is 10.4.